The quantitative estimate of drug-likeness (QED) is 0.166. The Kier molecular flexibility index (Phi) is 8.29. The van der Waals surface area contributed by atoms with Crippen LogP contribution < -0.4 is 35.8 Å². The molecule has 4 heterocycles. The Bertz CT molecular complexity index is 3070. The molecule has 0 radical (unpaired) electrons. The van der Waals surface area contributed by atoms with E-state index in [1.54, 1.807) is 0 Å². The highest BCUT2D eigenvalue weighted by Gasteiger charge is 2.48. The molecule has 3 aliphatic rings. The highest BCUT2D eigenvalue weighted by molar-refractivity contribution is 7.00. The van der Waals surface area contributed by atoms with Crippen LogP contribution in [0.15, 0.2) is 152 Å². The Morgan fingerprint density at radius 2 is 0.984 bits per heavy atom. The monoisotopic (exact) mass is 809 g/mol. The Balaban J connectivity index is 1.28. The molecule has 0 unspecified atom stereocenters. The van der Waals surface area contributed by atoms with Gasteiger partial charge in [-0.3, -0.25) is 0 Å². The van der Waals surface area contributed by atoms with Gasteiger partial charge in [0.1, 0.15) is 0 Å². The van der Waals surface area contributed by atoms with Gasteiger partial charge < -0.3 is 23.8 Å². The molecule has 6 heteroatoms. The van der Waals surface area contributed by atoms with Crippen LogP contribution in [0.2, 0.25) is 0 Å². The second-order valence-corrected chi connectivity index (χ2v) is 20.3. The molecule has 3 aliphatic heterocycles. The minimum atomic E-state index is -0.135. The van der Waals surface area contributed by atoms with Crippen LogP contribution in [0, 0.1) is 0 Å². The molecule has 0 spiro atoms. The van der Waals surface area contributed by atoms with E-state index in [1.807, 2.05) is 24.3 Å². The maximum atomic E-state index is 7.02. The van der Waals surface area contributed by atoms with Crippen molar-refractivity contribution in [3.05, 3.63) is 168 Å². The average Bonchev–Trinajstić information content (AvgIpc) is 3.60. The number of benzene rings is 7. The van der Waals surface area contributed by atoms with Crippen LogP contribution in [0.1, 0.15) is 79.0 Å². The maximum Gasteiger partial charge on any atom is 0.273 e. The summed E-state index contributed by atoms with van der Waals surface area (Å²) in [7, 11) is 0. The molecule has 8 aromatic rings. The summed E-state index contributed by atoms with van der Waals surface area (Å²) in [5.41, 5.74) is 16.6. The molecule has 0 saturated carbocycles. The van der Waals surface area contributed by atoms with Crippen LogP contribution in [-0.4, -0.2) is 11.3 Å². The molecule has 0 amide bonds. The van der Waals surface area contributed by atoms with E-state index in [1.165, 1.54) is 44.6 Å². The number of para-hydroxylation sites is 3. The van der Waals surface area contributed by atoms with Crippen LogP contribution >= 0.6 is 0 Å². The molecular formula is C56H52BN3O2. The van der Waals surface area contributed by atoms with Crippen molar-refractivity contribution in [2.75, 3.05) is 9.80 Å². The van der Waals surface area contributed by atoms with Crippen LogP contribution in [0.25, 0.3) is 16.6 Å². The van der Waals surface area contributed by atoms with Gasteiger partial charge >= 0.3 is 0 Å². The molecule has 0 bridgehead atoms. The van der Waals surface area contributed by atoms with Gasteiger partial charge in [-0.2, -0.15) is 0 Å². The number of aromatic nitrogens is 1. The molecule has 5 nitrogen and oxygen atoms in total. The van der Waals surface area contributed by atoms with E-state index in [9.17, 15) is 0 Å². The van der Waals surface area contributed by atoms with Crippen molar-refractivity contribution in [2.45, 2.75) is 78.6 Å². The van der Waals surface area contributed by atoms with Gasteiger partial charge in [0.15, 0.2) is 23.0 Å². The van der Waals surface area contributed by atoms with E-state index in [4.69, 9.17) is 9.47 Å². The summed E-state index contributed by atoms with van der Waals surface area (Å²) in [6, 6.07) is 55.6. The normalized spacial score (nSPS) is 14.0. The second-order valence-electron chi connectivity index (χ2n) is 20.3. The largest absolute Gasteiger partial charge is 0.449 e. The lowest BCUT2D eigenvalue weighted by atomic mass is 9.34. The Morgan fingerprint density at radius 3 is 1.60 bits per heavy atom. The summed E-state index contributed by atoms with van der Waals surface area (Å²) in [6.07, 6.45) is 0. The van der Waals surface area contributed by atoms with Crippen molar-refractivity contribution >= 4 is 68.3 Å². The van der Waals surface area contributed by atoms with Crippen LogP contribution in [0.5, 0.6) is 23.0 Å². The van der Waals surface area contributed by atoms with E-state index in [-0.39, 0.29) is 23.0 Å². The number of hydrogen-bond donors (Lipinski definition) is 0. The molecule has 1 aromatic heterocycles. The first kappa shape index (κ1) is 38.3. The van der Waals surface area contributed by atoms with Gasteiger partial charge in [-0.25, -0.2) is 0 Å². The van der Waals surface area contributed by atoms with Crippen molar-refractivity contribution in [1.29, 1.82) is 0 Å². The molecule has 7 aromatic carbocycles. The molecule has 0 N–H and O–H groups in total. The third-order valence-corrected chi connectivity index (χ3v) is 13.1. The maximum absolute atomic E-state index is 7.02. The van der Waals surface area contributed by atoms with Crippen molar-refractivity contribution in [2.24, 2.45) is 0 Å². The summed E-state index contributed by atoms with van der Waals surface area (Å²) < 4.78 is 16.2. The van der Waals surface area contributed by atoms with Gasteiger partial charge in [0.05, 0.1) is 16.6 Å². The van der Waals surface area contributed by atoms with Gasteiger partial charge in [-0.1, -0.05) is 135 Å². The predicted molar refractivity (Wildman–Crippen MR) is 260 cm³/mol. The fraction of sp³-hybridized carbons (Fsp3) is 0.214. The van der Waals surface area contributed by atoms with Gasteiger partial charge in [0.2, 0.25) is 0 Å². The summed E-state index contributed by atoms with van der Waals surface area (Å²) in [5.74, 6) is 2.85. The number of fused-ring (bicyclic) bond motifs is 9. The SMILES string of the molecule is CC(C)(C)c1ccc(N2c3ccc(C(C)(C)C)cc3B3c4c2cccc4N(c2ccc(C(C)(C)C)cc2)c2c3n(-c3ccccc3)c3ccc4c(c23)Oc2ccccc2O4)cc1. The van der Waals surface area contributed by atoms with E-state index < -0.39 is 0 Å². The van der Waals surface area contributed by atoms with Crippen LogP contribution in [0.3, 0.4) is 0 Å². The third-order valence-electron chi connectivity index (χ3n) is 13.1. The van der Waals surface area contributed by atoms with Crippen molar-refractivity contribution in [3.8, 4) is 28.7 Å². The molecular weight excluding hydrogens is 757 g/mol. The number of ether oxygens (including phenoxy) is 2. The molecule has 11 rings (SSSR count). The summed E-state index contributed by atoms with van der Waals surface area (Å²) >= 11 is 0. The Hall–Kier alpha value is -6.66. The zero-order valence-corrected chi connectivity index (χ0v) is 37.2. The first-order valence-electron chi connectivity index (χ1n) is 22.0. The number of anilines is 6. The second kappa shape index (κ2) is 13.4. The smallest absolute Gasteiger partial charge is 0.273 e. The topological polar surface area (TPSA) is 29.9 Å². The Labute approximate surface area is 366 Å². The fourth-order valence-electron chi connectivity index (χ4n) is 9.85. The van der Waals surface area contributed by atoms with Crippen molar-refractivity contribution < 1.29 is 9.47 Å². The van der Waals surface area contributed by atoms with Crippen molar-refractivity contribution in [3.63, 3.8) is 0 Å². The standard InChI is InChI=1S/C56H52BN3O2/c1-54(2,3)35-22-27-39(28-23-35)58-42-31-26-37(56(7,8)9)34-41(42)57-50-44(58)18-15-19-45(50)59(40-29-24-36(25-30-40)55(4,5)6)51-49-43(60(53(51)57)38-16-11-10-12-17-38)32-33-48-52(49)62-47-21-14-13-20-46(47)61-48/h10-34H,1-9H3. The minimum Gasteiger partial charge on any atom is -0.449 e. The highest BCUT2D eigenvalue weighted by Crippen LogP contribution is 2.55. The van der Waals surface area contributed by atoms with Crippen LogP contribution in [0.4, 0.5) is 34.1 Å². The predicted octanol–water partition coefficient (Wildman–Crippen LogP) is 13.5. The van der Waals surface area contributed by atoms with E-state index in [2.05, 4.69) is 204 Å². The average molecular weight is 810 g/mol. The zero-order valence-electron chi connectivity index (χ0n) is 37.2. The molecule has 0 fully saturated rings. The Morgan fingerprint density at radius 1 is 0.435 bits per heavy atom. The highest BCUT2D eigenvalue weighted by atomic mass is 16.6. The van der Waals surface area contributed by atoms with Crippen LogP contribution in [-0.2, 0) is 16.2 Å². The van der Waals surface area contributed by atoms with Gasteiger partial charge in [-0.05, 0) is 123 Å². The lowest BCUT2D eigenvalue weighted by molar-refractivity contribution is 0.363. The number of nitrogens with zero attached hydrogens (tertiary/aromatic N) is 3. The van der Waals surface area contributed by atoms with E-state index in [0.29, 0.717) is 17.2 Å². The molecule has 0 saturated heterocycles. The van der Waals surface area contributed by atoms with Crippen molar-refractivity contribution in [1.82, 2.24) is 4.57 Å². The lowest BCUT2D eigenvalue weighted by Crippen LogP contribution is -2.63. The molecule has 0 atom stereocenters. The molecule has 62 heavy (non-hydrogen) atoms. The summed E-state index contributed by atoms with van der Waals surface area (Å²) in [6.45, 7) is 20.5. The van der Waals surface area contributed by atoms with E-state index in [0.717, 1.165) is 45.1 Å². The molecule has 0 aliphatic carbocycles. The van der Waals surface area contributed by atoms with E-state index >= 15 is 0 Å². The first-order valence-corrected chi connectivity index (χ1v) is 22.0. The minimum absolute atomic E-state index is 0.00108. The van der Waals surface area contributed by atoms with Gasteiger partial charge in [0, 0.05) is 39.7 Å². The first-order chi connectivity index (χ1) is 29.7. The number of hydrogen-bond acceptors (Lipinski definition) is 4. The summed E-state index contributed by atoms with van der Waals surface area (Å²) in [5, 5.41) is 1.01. The molecule has 306 valence electrons. The number of rotatable bonds is 3. The summed E-state index contributed by atoms with van der Waals surface area (Å²) in [4.78, 5) is 5.00. The third kappa shape index (κ3) is 5.83. The van der Waals surface area contributed by atoms with Gasteiger partial charge in [0.25, 0.3) is 6.71 Å². The zero-order chi connectivity index (χ0) is 42.9. The van der Waals surface area contributed by atoms with Gasteiger partial charge in [-0.15, -0.1) is 0 Å². The lowest BCUT2D eigenvalue weighted by Gasteiger charge is -2.44. The fourth-order valence-corrected chi connectivity index (χ4v) is 9.85.